The summed E-state index contributed by atoms with van der Waals surface area (Å²) in [4.78, 5) is 12.3. The molecule has 2 heteroatoms. The van der Waals surface area contributed by atoms with Crippen molar-refractivity contribution in [3.05, 3.63) is 24.3 Å². The highest BCUT2D eigenvalue weighted by atomic mass is 16.5. The summed E-state index contributed by atoms with van der Waals surface area (Å²) < 4.78 is 5.95. The molecule has 0 unspecified atom stereocenters. The number of hydrogen-bond acceptors (Lipinski definition) is 2. The van der Waals surface area contributed by atoms with Gasteiger partial charge in [0.2, 0.25) is 0 Å². The summed E-state index contributed by atoms with van der Waals surface area (Å²) in [6.07, 6.45) is 26.9. The molecule has 0 aromatic rings. The number of ether oxygens (including phenoxy) is 1. The van der Waals surface area contributed by atoms with Crippen LogP contribution in [0.4, 0.5) is 0 Å². The number of rotatable bonds is 15. The predicted molar refractivity (Wildman–Crippen MR) is 128 cm³/mol. The molecule has 0 saturated heterocycles. The zero-order valence-electron chi connectivity index (χ0n) is 20.4. The Morgan fingerprint density at radius 2 is 1.53 bits per heavy atom. The van der Waals surface area contributed by atoms with Crippen molar-refractivity contribution < 1.29 is 9.53 Å². The quantitative estimate of drug-likeness (QED) is 0.152. The van der Waals surface area contributed by atoms with Gasteiger partial charge in [0.15, 0.2) is 0 Å². The van der Waals surface area contributed by atoms with E-state index in [0.717, 1.165) is 31.6 Å². The largest absolute Gasteiger partial charge is 0.462 e. The molecule has 3 atom stereocenters. The fraction of sp³-hybridized carbons (Fsp3) is 0.821. The number of hydrogen-bond donors (Lipinski definition) is 0. The van der Waals surface area contributed by atoms with Gasteiger partial charge < -0.3 is 4.74 Å². The number of fused-ring (bicyclic) bond motifs is 2. The molecule has 0 heterocycles. The average Bonchev–Trinajstić information content (AvgIpc) is 3.04. The van der Waals surface area contributed by atoms with Crippen molar-refractivity contribution in [1.82, 2.24) is 0 Å². The van der Waals surface area contributed by atoms with E-state index in [2.05, 4.69) is 52.0 Å². The van der Waals surface area contributed by atoms with Crippen molar-refractivity contribution >= 4 is 5.97 Å². The molecule has 2 bridgehead atoms. The lowest BCUT2D eigenvalue weighted by molar-refractivity contribution is -0.157. The van der Waals surface area contributed by atoms with E-state index < -0.39 is 0 Å². The summed E-state index contributed by atoms with van der Waals surface area (Å²) in [5.41, 5.74) is 0.503. The molecule has 0 radical (unpaired) electrons. The van der Waals surface area contributed by atoms with Crippen LogP contribution in [0, 0.1) is 16.7 Å². The van der Waals surface area contributed by atoms with Gasteiger partial charge in [-0.1, -0.05) is 84.1 Å². The Morgan fingerprint density at radius 1 is 0.900 bits per heavy atom. The lowest BCUT2D eigenvalue weighted by Crippen LogP contribution is -2.38. The van der Waals surface area contributed by atoms with Crippen LogP contribution in [0.25, 0.3) is 0 Å². The molecule has 0 aliphatic heterocycles. The monoisotopic (exact) mass is 416 g/mol. The summed E-state index contributed by atoms with van der Waals surface area (Å²) in [7, 11) is 0. The first-order valence-corrected chi connectivity index (χ1v) is 12.9. The predicted octanol–water partition coefficient (Wildman–Crippen LogP) is 8.56. The van der Waals surface area contributed by atoms with E-state index in [0.29, 0.717) is 11.8 Å². The zero-order valence-corrected chi connectivity index (χ0v) is 20.4. The molecule has 2 aliphatic carbocycles. The third kappa shape index (κ3) is 6.99. The van der Waals surface area contributed by atoms with E-state index in [4.69, 9.17) is 4.74 Å². The topological polar surface area (TPSA) is 26.3 Å². The Kier molecular flexibility index (Phi) is 10.7. The van der Waals surface area contributed by atoms with E-state index >= 15 is 0 Å². The smallest absolute Gasteiger partial charge is 0.306 e. The average molecular weight is 417 g/mol. The fourth-order valence-corrected chi connectivity index (χ4v) is 5.61. The van der Waals surface area contributed by atoms with Crippen LogP contribution < -0.4 is 0 Å². The maximum absolute atomic E-state index is 12.3. The highest BCUT2D eigenvalue weighted by Crippen LogP contribution is 2.66. The Balaban J connectivity index is 1.43. The summed E-state index contributed by atoms with van der Waals surface area (Å²) >= 11 is 0. The van der Waals surface area contributed by atoms with Gasteiger partial charge >= 0.3 is 5.97 Å². The molecule has 2 aliphatic rings. The van der Waals surface area contributed by atoms with Gasteiger partial charge in [-0.3, -0.25) is 4.79 Å². The van der Waals surface area contributed by atoms with Crippen LogP contribution in [0.2, 0.25) is 0 Å². The Bertz CT molecular complexity index is 559. The Labute approximate surface area is 186 Å². The number of carbonyl (C=O) groups excluding carboxylic acids is 1. The van der Waals surface area contributed by atoms with Gasteiger partial charge in [0.25, 0.3) is 0 Å². The van der Waals surface area contributed by atoms with Crippen molar-refractivity contribution in [3.8, 4) is 0 Å². The van der Waals surface area contributed by atoms with Crippen molar-refractivity contribution in [2.24, 2.45) is 16.7 Å². The van der Waals surface area contributed by atoms with Crippen LogP contribution in [0.1, 0.15) is 124 Å². The molecule has 2 rings (SSSR count). The van der Waals surface area contributed by atoms with Crippen molar-refractivity contribution in [3.63, 3.8) is 0 Å². The van der Waals surface area contributed by atoms with Gasteiger partial charge in [0.1, 0.15) is 6.10 Å². The minimum Gasteiger partial charge on any atom is -0.462 e. The number of esters is 1. The van der Waals surface area contributed by atoms with Crippen LogP contribution >= 0.6 is 0 Å². The van der Waals surface area contributed by atoms with Gasteiger partial charge in [-0.15, -0.1) is 0 Å². The number of unbranched alkanes of at least 4 members (excludes halogenated alkanes) is 8. The van der Waals surface area contributed by atoms with Crippen LogP contribution in [-0.4, -0.2) is 12.1 Å². The molecular formula is C28H48O2. The fourth-order valence-electron chi connectivity index (χ4n) is 5.61. The summed E-state index contributed by atoms with van der Waals surface area (Å²) in [5, 5.41) is 0. The van der Waals surface area contributed by atoms with Gasteiger partial charge in [-0.25, -0.2) is 0 Å². The lowest BCUT2D eigenvalue weighted by Gasteiger charge is -2.38. The van der Waals surface area contributed by atoms with Crippen LogP contribution in [0.5, 0.6) is 0 Å². The summed E-state index contributed by atoms with van der Waals surface area (Å²) in [6.45, 7) is 9.34. The molecule has 30 heavy (non-hydrogen) atoms. The Morgan fingerprint density at radius 3 is 2.13 bits per heavy atom. The second-order valence-corrected chi connectivity index (χ2v) is 10.6. The summed E-state index contributed by atoms with van der Waals surface area (Å²) in [6, 6.07) is 0. The van der Waals surface area contributed by atoms with Gasteiger partial charge in [0.05, 0.1) is 0 Å². The molecule has 2 fully saturated rings. The van der Waals surface area contributed by atoms with E-state index in [1.807, 2.05) is 0 Å². The maximum atomic E-state index is 12.3. The summed E-state index contributed by atoms with van der Waals surface area (Å²) in [5.74, 6) is 0.770. The SMILES string of the molecule is CCCCC/C=C\C/C=C\CCCCCCCC(=O)O[C@H]1C[C@H]2CC[C@@]1(C)C2(C)C. The van der Waals surface area contributed by atoms with Gasteiger partial charge in [-0.05, 0) is 69.1 Å². The molecule has 0 aromatic carbocycles. The third-order valence-electron chi connectivity index (χ3n) is 8.32. The van der Waals surface area contributed by atoms with Crippen LogP contribution in [-0.2, 0) is 9.53 Å². The molecule has 0 amide bonds. The normalized spacial score (nSPS) is 27.5. The third-order valence-corrected chi connectivity index (χ3v) is 8.32. The van der Waals surface area contributed by atoms with Gasteiger partial charge in [0, 0.05) is 11.8 Å². The van der Waals surface area contributed by atoms with Gasteiger partial charge in [-0.2, -0.15) is 0 Å². The first-order valence-electron chi connectivity index (χ1n) is 12.9. The molecule has 0 aromatic heterocycles. The van der Waals surface area contributed by atoms with E-state index in [-0.39, 0.29) is 17.5 Å². The zero-order chi connectivity index (χ0) is 21.9. The maximum Gasteiger partial charge on any atom is 0.306 e. The second kappa shape index (κ2) is 12.7. The van der Waals surface area contributed by atoms with Crippen molar-refractivity contribution in [2.45, 2.75) is 130 Å². The van der Waals surface area contributed by atoms with Crippen molar-refractivity contribution in [2.75, 3.05) is 0 Å². The first kappa shape index (κ1) is 25.2. The molecule has 2 saturated carbocycles. The van der Waals surface area contributed by atoms with Crippen molar-refractivity contribution in [1.29, 1.82) is 0 Å². The minimum absolute atomic E-state index is 0.0373. The molecular weight excluding hydrogens is 368 g/mol. The Hall–Kier alpha value is -1.05. The highest BCUT2D eigenvalue weighted by Gasteiger charge is 2.62. The van der Waals surface area contributed by atoms with Crippen LogP contribution in [0.15, 0.2) is 24.3 Å². The minimum atomic E-state index is 0.0373. The number of allylic oxidation sites excluding steroid dienone is 4. The van der Waals surface area contributed by atoms with E-state index in [9.17, 15) is 4.79 Å². The lowest BCUT2D eigenvalue weighted by atomic mass is 9.70. The first-order chi connectivity index (χ1) is 14.4. The van der Waals surface area contributed by atoms with E-state index in [1.54, 1.807) is 0 Å². The molecule has 2 nitrogen and oxygen atoms in total. The van der Waals surface area contributed by atoms with E-state index in [1.165, 1.54) is 64.2 Å². The standard InChI is InChI=1S/C28H48O2/c1-5-6-7-8-9-10-11-12-13-14-15-16-17-18-19-20-26(29)30-25-23-24-21-22-28(25,4)27(24,2)3/h9-10,12-13,24-25H,5-8,11,14-23H2,1-4H3/b10-9-,13-12-/t24-,25+,28-/m1/s1. The molecule has 0 N–H and O–H groups in total. The molecule has 172 valence electrons. The highest BCUT2D eigenvalue weighted by molar-refractivity contribution is 5.69. The number of carbonyl (C=O) groups is 1. The van der Waals surface area contributed by atoms with Crippen LogP contribution in [0.3, 0.4) is 0 Å². The second-order valence-electron chi connectivity index (χ2n) is 10.6. The molecule has 0 spiro atoms.